The second-order valence-electron chi connectivity index (χ2n) is 6.58. The highest BCUT2D eigenvalue weighted by Crippen LogP contribution is 2.29. The maximum absolute atomic E-state index is 10.4. The van der Waals surface area contributed by atoms with E-state index in [1.54, 1.807) is 0 Å². The summed E-state index contributed by atoms with van der Waals surface area (Å²) in [7, 11) is 0. The molecule has 0 aromatic rings. The van der Waals surface area contributed by atoms with E-state index in [2.05, 4.69) is 43.4 Å². The highest BCUT2D eigenvalue weighted by Gasteiger charge is 2.42. The first-order chi connectivity index (χ1) is 12.6. The molecular weight excluding hydrogens is 328 g/mol. The summed E-state index contributed by atoms with van der Waals surface area (Å²) in [5.41, 5.74) is 0. The number of unbranched alkanes of at least 4 members (excludes halogenated alkanes) is 3. The van der Waals surface area contributed by atoms with Crippen molar-refractivity contribution >= 4 is 5.97 Å². The molecule has 0 aliphatic carbocycles. The molecule has 3 unspecified atom stereocenters. The first-order valence-corrected chi connectivity index (χ1v) is 9.82. The Kier molecular flexibility index (Phi) is 12.5. The standard InChI is InChI=1S/C22H34O4/c1-2-3-4-5-11-14-17-20-22(26-20)19(23)16-13-10-8-6-7-9-12-15-18-21(24)25/h3-4,6,8,11,13-14,16,19-20,22-23H,2,5,7,9-10,12,15,17-18H2,1H3,(H,24,25). The van der Waals surface area contributed by atoms with Crippen LogP contribution in [0.5, 0.6) is 0 Å². The lowest BCUT2D eigenvalue weighted by molar-refractivity contribution is -0.137. The quantitative estimate of drug-likeness (QED) is 0.245. The second-order valence-corrected chi connectivity index (χ2v) is 6.58. The molecular formula is C22H34O4. The Balaban J connectivity index is 2.02. The molecule has 2 N–H and O–H groups in total. The summed E-state index contributed by atoms with van der Waals surface area (Å²) >= 11 is 0. The average molecular weight is 363 g/mol. The van der Waals surface area contributed by atoms with Crippen molar-refractivity contribution < 1.29 is 19.7 Å². The van der Waals surface area contributed by atoms with Crippen LogP contribution in [0.3, 0.4) is 0 Å². The summed E-state index contributed by atoms with van der Waals surface area (Å²) in [5, 5.41) is 18.6. The molecule has 3 atom stereocenters. The average Bonchev–Trinajstić information content (AvgIpc) is 3.39. The van der Waals surface area contributed by atoms with Crippen molar-refractivity contribution in [3.05, 3.63) is 48.6 Å². The van der Waals surface area contributed by atoms with Crippen LogP contribution < -0.4 is 0 Å². The van der Waals surface area contributed by atoms with E-state index in [1.165, 1.54) is 0 Å². The van der Waals surface area contributed by atoms with Crippen LogP contribution >= 0.6 is 0 Å². The number of allylic oxidation sites excluding steroid dienone is 6. The minimum atomic E-state index is -0.716. The van der Waals surface area contributed by atoms with E-state index in [0.717, 1.165) is 51.4 Å². The van der Waals surface area contributed by atoms with Gasteiger partial charge in [-0.05, 0) is 44.9 Å². The molecule has 1 aliphatic heterocycles. The number of carbonyl (C=O) groups is 1. The van der Waals surface area contributed by atoms with E-state index in [-0.39, 0.29) is 18.6 Å². The van der Waals surface area contributed by atoms with Gasteiger partial charge in [0.15, 0.2) is 0 Å². The van der Waals surface area contributed by atoms with E-state index >= 15 is 0 Å². The van der Waals surface area contributed by atoms with Crippen LogP contribution in [0.4, 0.5) is 0 Å². The Morgan fingerprint density at radius 3 is 2.50 bits per heavy atom. The van der Waals surface area contributed by atoms with Gasteiger partial charge in [-0.1, -0.05) is 62.0 Å². The SMILES string of the molecule is CCC=CCC=CCC1OC1C(O)C=CCC=CCCCCCC(=O)O. The number of aliphatic hydroxyl groups excluding tert-OH is 1. The molecule has 146 valence electrons. The molecule has 0 spiro atoms. The molecule has 0 amide bonds. The number of aliphatic hydroxyl groups is 1. The number of carboxylic acids is 1. The van der Waals surface area contributed by atoms with Crippen LogP contribution in [0.2, 0.25) is 0 Å². The molecule has 0 saturated carbocycles. The van der Waals surface area contributed by atoms with E-state index < -0.39 is 12.1 Å². The van der Waals surface area contributed by atoms with Gasteiger partial charge in [-0.3, -0.25) is 4.79 Å². The summed E-state index contributed by atoms with van der Waals surface area (Å²) in [6.07, 6.45) is 23.8. The molecule has 0 aromatic heterocycles. The summed E-state index contributed by atoms with van der Waals surface area (Å²) in [6.45, 7) is 2.12. The van der Waals surface area contributed by atoms with Crippen molar-refractivity contribution in [3.63, 3.8) is 0 Å². The molecule has 4 nitrogen and oxygen atoms in total. The monoisotopic (exact) mass is 362 g/mol. The Hall–Kier alpha value is -1.65. The molecule has 0 aromatic carbocycles. The minimum absolute atomic E-state index is 0.0692. The first kappa shape index (κ1) is 22.4. The fourth-order valence-electron chi connectivity index (χ4n) is 2.65. The molecule has 1 saturated heterocycles. The molecule has 0 bridgehead atoms. The third kappa shape index (κ3) is 11.8. The van der Waals surface area contributed by atoms with Gasteiger partial charge < -0.3 is 14.9 Å². The highest BCUT2D eigenvalue weighted by atomic mass is 16.6. The van der Waals surface area contributed by atoms with Gasteiger partial charge in [-0.15, -0.1) is 0 Å². The van der Waals surface area contributed by atoms with Crippen LogP contribution in [0, 0.1) is 0 Å². The van der Waals surface area contributed by atoms with Crippen LogP contribution in [0.25, 0.3) is 0 Å². The fraction of sp³-hybridized carbons (Fsp3) is 0.591. The molecule has 4 heteroatoms. The topological polar surface area (TPSA) is 70.1 Å². The summed E-state index contributed by atoms with van der Waals surface area (Å²) in [4.78, 5) is 10.4. The number of rotatable bonds is 15. The Morgan fingerprint density at radius 2 is 1.73 bits per heavy atom. The van der Waals surface area contributed by atoms with Gasteiger partial charge in [0.25, 0.3) is 0 Å². The lowest BCUT2D eigenvalue weighted by Gasteiger charge is -1.99. The minimum Gasteiger partial charge on any atom is -0.481 e. The van der Waals surface area contributed by atoms with Crippen molar-refractivity contribution in [1.29, 1.82) is 0 Å². The normalized spacial score (nSPS) is 21.5. The van der Waals surface area contributed by atoms with E-state index in [0.29, 0.717) is 0 Å². The van der Waals surface area contributed by atoms with Crippen LogP contribution in [0.1, 0.15) is 64.7 Å². The highest BCUT2D eigenvalue weighted by molar-refractivity contribution is 5.66. The van der Waals surface area contributed by atoms with Crippen LogP contribution in [0.15, 0.2) is 48.6 Å². The predicted octanol–water partition coefficient (Wildman–Crippen LogP) is 4.95. The molecule has 26 heavy (non-hydrogen) atoms. The van der Waals surface area contributed by atoms with E-state index in [4.69, 9.17) is 9.84 Å². The van der Waals surface area contributed by atoms with Crippen molar-refractivity contribution in [2.75, 3.05) is 0 Å². The summed E-state index contributed by atoms with van der Waals surface area (Å²) < 4.78 is 5.53. The molecule has 1 aliphatic rings. The number of ether oxygens (including phenoxy) is 1. The fourth-order valence-corrected chi connectivity index (χ4v) is 2.65. The van der Waals surface area contributed by atoms with Crippen LogP contribution in [-0.4, -0.2) is 34.5 Å². The number of hydrogen-bond acceptors (Lipinski definition) is 3. The summed E-state index contributed by atoms with van der Waals surface area (Å²) in [5.74, 6) is -0.716. The van der Waals surface area contributed by atoms with Gasteiger partial charge in [0.2, 0.25) is 0 Å². The molecule has 1 fully saturated rings. The van der Waals surface area contributed by atoms with Crippen LogP contribution in [-0.2, 0) is 9.53 Å². The van der Waals surface area contributed by atoms with Crippen molar-refractivity contribution in [1.82, 2.24) is 0 Å². The zero-order chi connectivity index (χ0) is 19.0. The van der Waals surface area contributed by atoms with Crippen molar-refractivity contribution in [2.45, 2.75) is 83.0 Å². The number of carboxylic acid groups (broad SMARTS) is 1. The van der Waals surface area contributed by atoms with Gasteiger partial charge in [0.1, 0.15) is 12.2 Å². The number of hydrogen-bond donors (Lipinski definition) is 2. The van der Waals surface area contributed by atoms with E-state index in [1.807, 2.05) is 12.2 Å². The smallest absolute Gasteiger partial charge is 0.303 e. The zero-order valence-electron chi connectivity index (χ0n) is 15.9. The van der Waals surface area contributed by atoms with Gasteiger partial charge in [-0.25, -0.2) is 0 Å². The molecule has 0 radical (unpaired) electrons. The van der Waals surface area contributed by atoms with Gasteiger partial charge in [0, 0.05) is 6.42 Å². The van der Waals surface area contributed by atoms with Crippen molar-refractivity contribution in [2.24, 2.45) is 0 Å². The zero-order valence-corrected chi connectivity index (χ0v) is 15.9. The lowest BCUT2D eigenvalue weighted by atomic mass is 10.1. The predicted molar refractivity (Wildman–Crippen MR) is 106 cm³/mol. The third-order valence-corrected chi connectivity index (χ3v) is 4.20. The number of epoxide rings is 1. The molecule has 1 rings (SSSR count). The lowest BCUT2D eigenvalue weighted by Crippen LogP contribution is -2.13. The van der Waals surface area contributed by atoms with Gasteiger partial charge in [-0.2, -0.15) is 0 Å². The third-order valence-electron chi connectivity index (χ3n) is 4.20. The van der Waals surface area contributed by atoms with E-state index in [9.17, 15) is 9.90 Å². The largest absolute Gasteiger partial charge is 0.481 e. The Bertz CT molecular complexity index is 490. The Labute approximate surface area is 158 Å². The maximum Gasteiger partial charge on any atom is 0.303 e. The Morgan fingerprint density at radius 1 is 1.00 bits per heavy atom. The van der Waals surface area contributed by atoms with Gasteiger partial charge in [0.05, 0.1) is 6.10 Å². The first-order valence-electron chi connectivity index (χ1n) is 9.82. The maximum atomic E-state index is 10.4. The molecule has 1 heterocycles. The summed E-state index contributed by atoms with van der Waals surface area (Å²) in [6, 6.07) is 0. The van der Waals surface area contributed by atoms with Crippen molar-refractivity contribution in [3.8, 4) is 0 Å². The number of aliphatic carboxylic acids is 1. The van der Waals surface area contributed by atoms with Gasteiger partial charge >= 0.3 is 5.97 Å². The second kappa shape index (κ2) is 14.5.